The third-order valence-corrected chi connectivity index (χ3v) is 3.36. The van der Waals surface area contributed by atoms with Gasteiger partial charge in [0.25, 0.3) is 0 Å². The van der Waals surface area contributed by atoms with Gasteiger partial charge in [-0.3, -0.25) is 4.98 Å². The molecule has 16 heavy (non-hydrogen) atoms. The molecule has 1 saturated carbocycles. The molecule has 0 unspecified atom stereocenters. The summed E-state index contributed by atoms with van der Waals surface area (Å²) in [5, 5.41) is 9.26. The first kappa shape index (κ1) is 9.66. The van der Waals surface area contributed by atoms with E-state index in [1.807, 2.05) is 18.2 Å². The Balaban J connectivity index is 1.95. The zero-order chi connectivity index (χ0) is 11.2. The van der Waals surface area contributed by atoms with E-state index in [9.17, 15) is 9.90 Å². The van der Waals surface area contributed by atoms with Crippen molar-refractivity contribution >= 4 is 11.1 Å². The molecule has 0 saturated heterocycles. The standard InChI is InChI=1S/C12H13NO3/c14-7-12(3-4-12)6-8-1-2-9-10(5-8)16-11(15)13-9/h1-2,5,14H,3-4,6-7H2,(H,13,15). The van der Waals surface area contributed by atoms with E-state index in [2.05, 4.69) is 4.98 Å². The lowest BCUT2D eigenvalue weighted by Crippen LogP contribution is -2.09. The number of oxazole rings is 1. The second-order valence-corrected chi connectivity index (χ2v) is 4.68. The Morgan fingerprint density at radius 3 is 2.94 bits per heavy atom. The van der Waals surface area contributed by atoms with Gasteiger partial charge in [-0.15, -0.1) is 0 Å². The maximum absolute atomic E-state index is 11.0. The van der Waals surface area contributed by atoms with Gasteiger partial charge in [0.15, 0.2) is 5.58 Å². The van der Waals surface area contributed by atoms with E-state index in [-0.39, 0.29) is 12.0 Å². The van der Waals surface area contributed by atoms with Crippen molar-refractivity contribution < 1.29 is 9.52 Å². The van der Waals surface area contributed by atoms with Crippen molar-refractivity contribution in [2.45, 2.75) is 19.3 Å². The van der Waals surface area contributed by atoms with Crippen LogP contribution in [0.4, 0.5) is 0 Å². The van der Waals surface area contributed by atoms with Crippen LogP contribution in [0.3, 0.4) is 0 Å². The van der Waals surface area contributed by atoms with Crippen LogP contribution in [0, 0.1) is 5.41 Å². The fourth-order valence-corrected chi connectivity index (χ4v) is 2.10. The summed E-state index contributed by atoms with van der Waals surface area (Å²) in [7, 11) is 0. The van der Waals surface area contributed by atoms with E-state index in [0.29, 0.717) is 5.58 Å². The Morgan fingerprint density at radius 1 is 1.44 bits per heavy atom. The van der Waals surface area contributed by atoms with Crippen LogP contribution in [-0.4, -0.2) is 16.7 Å². The van der Waals surface area contributed by atoms with Crippen molar-refractivity contribution in [1.82, 2.24) is 4.98 Å². The Morgan fingerprint density at radius 2 is 2.25 bits per heavy atom. The van der Waals surface area contributed by atoms with Gasteiger partial charge in [0.1, 0.15) is 0 Å². The van der Waals surface area contributed by atoms with Gasteiger partial charge >= 0.3 is 5.76 Å². The molecule has 0 amide bonds. The predicted molar refractivity (Wildman–Crippen MR) is 59.3 cm³/mol. The molecule has 84 valence electrons. The summed E-state index contributed by atoms with van der Waals surface area (Å²) in [6.45, 7) is 0.238. The van der Waals surface area contributed by atoms with Crippen LogP contribution in [0.25, 0.3) is 11.1 Å². The van der Waals surface area contributed by atoms with Crippen molar-refractivity contribution in [3.8, 4) is 0 Å². The maximum Gasteiger partial charge on any atom is 0.417 e. The molecule has 1 aromatic heterocycles. The first-order valence-corrected chi connectivity index (χ1v) is 5.43. The number of hydrogen-bond acceptors (Lipinski definition) is 3. The Kier molecular flexibility index (Phi) is 1.94. The van der Waals surface area contributed by atoms with Crippen LogP contribution < -0.4 is 5.76 Å². The van der Waals surface area contributed by atoms with Crippen LogP contribution in [0.5, 0.6) is 0 Å². The molecule has 3 rings (SSSR count). The number of nitrogens with one attached hydrogen (secondary N) is 1. The van der Waals surface area contributed by atoms with Gasteiger partial charge < -0.3 is 9.52 Å². The van der Waals surface area contributed by atoms with Gasteiger partial charge in [0.2, 0.25) is 0 Å². The van der Waals surface area contributed by atoms with Gasteiger partial charge in [0, 0.05) is 6.61 Å². The molecule has 4 heteroatoms. The topological polar surface area (TPSA) is 66.2 Å². The highest BCUT2D eigenvalue weighted by Crippen LogP contribution is 2.47. The van der Waals surface area contributed by atoms with Gasteiger partial charge in [-0.05, 0) is 42.4 Å². The molecule has 1 fully saturated rings. The molecule has 1 aromatic carbocycles. The highest BCUT2D eigenvalue weighted by Gasteiger charge is 2.41. The molecule has 0 bridgehead atoms. The SMILES string of the molecule is O=c1[nH]c2ccc(CC3(CO)CC3)cc2o1. The number of H-pyrrole nitrogens is 1. The lowest BCUT2D eigenvalue weighted by Gasteiger charge is -2.10. The summed E-state index contributed by atoms with van der Waals surface area (Å²) >= 11 is 0. The minimum absolute atomic E-state index is 0.0876. The number of rotatable bonds is 3. The third-order valence-electron chi connectivity index (χ3n) is 3.36. The molecule has 0 spiro atoms. The summed E-state index contributed by atoms with van der Waals surface area (Å²) in [4.78, 5) is 13.6. The number of aromatic nitrogens is 1. The normalized spacial score (nSPS) is 17.8. The summed E-state index contributed by atoms with van der Waals surface area (Å²) in [5.74, 6) is -0.421. The zero-order valence-corrected chi connectivity index (χ0v) is 8.82. The van der Waals surface area contributed by atoms with Crippen molar-refractivity contribution in [1.29, 1.82) is 0 Å². The number of aromatic amines is 1. The monoisotopic (exact) mass is 219 g/mol. The van der Waals surface area contributed by atoms with Crippen LogP contribution in [0.2, 0.25) is 0 Å². The highest BCUT2D eigenvalue weighted by molar-refractivity contribution is 5.72. The molecule has 0 atom stereocenters. The van der Waals surface area contributed by atoms with Crippen LogP contribution in [0.15, 0.2) is 27.4 Å². The minimum atomic E-state index is -0.421. The average molecular weight is 219 g/mol. The van der Waals surface area contributed by atoms with E-state index in [0.717, 1.165) is 30.3 Å². The second-order valence-electron chi connectivity index (χ2n) is 4.68. The van der Waals surface area contributed by atoms with Crippen LogP contribution in [-0.2, 0) is 6.42 Å². The molecule has 4 nitrogen and oxygen atoms in total. The van der Waals surface area contributed by atoms with Gasteiger partial charge in [-0.2, -0.15) is 0 Å². The maximum atomic E-state index is 11.0. The molecule has 1 aliphatic carbocycles. The summed E-state index contributed by atoms with van der Waals surface area (Å²) in [6.07, 6.45) is 3.02. The van der Waals surface area contributed by atoms with Crippen molar-refractivity contribution in [3.05, 3.63) is 34.3 Å². The summed E-state index contributed by atoms with van der Waals surface area (Å²) in [6, 6.07) is 5.70. The highest BCUT2D eigenvalue weighted by atomic mass is 16.4. The fourth-order valence-electron chi connectivity index (χ4n) is 2.10. The lowest BCUT2D eigenvalue weighted by molar-refractivity contribution is 0.211. The lowest BCUT2D eigenvalue weighted by atomic mass is 9.97. The molecule has 0 radical (unpaired) electrons. The number of fused-ring (bicyclic) bond motifs is 1. The number of benzene rings is 1. The largest absolute Gasteiger partial charge is 0.417 e. The number of aliphatic hydroxyl groups excluding tert-OH is 1. The number of aliphatic hydroxyl groups is 1. The van der Waals surface area contributed by atoms with E-state index in [1.54, 1.807) is 0 Å². The van der Waals surface area contributed by atoms with E-state index in [4.69, 9.17) is 4.42 Å². The second kappa shape index (κ2) is 3.22. The Bertz CT molecular complexity index is 577. The first-order valence-electron chi connectivity index (χ1n) is 5.43. The third kappa shape index (κ3) is 1.55. The van der Waals surface area contributed by atoms with Gasteiger partial charge in [-0.1, -0.05) is 6.07 Å². The van der Waals surface area contributed by atoms with Crippen LogP contribution >= 0.6 is 0 Å². The first-order chi connectivity index (χ1) is 7.71. The fraction of sp³-hybridized carbons (Fsp3) is 0.417. The summed E-state index contributed by atoms with van der Waals surface area (Å²) in [5.41, 5.74) is 2.52. The molecule has 1 heterocycles. The molecule has 2 N–H and O–H groups in total. The average Bonchev–Trinajstić information content (AvgIpc) is 2.93. The molecule has 2 aromatic rings. The van der Waals surface area contributed by atoms with Crippen molar-refractivity contribution in [2.75, 3.05) is 6.61 Å². The van der Waals surface area contributed by atoms with Crippen molar-refractivity contribution in [2.24, 2.45) is 5.41 Å². The van der Waals surface area contributed by atoms with E-state index >= 15 is 0 Å². The summed E-state index contributed by atoms with van der Waals surface area (Å²) < 4.78 is 5.00. The molecular weight excluding hydrogens is 206 g/mol. The van der Waals surface area contributed by atoms with Gasteiger partial charge in [-0.25, -0.2) is 4.79 Å². The van der Waals surface area contributed by atoms with E-state index < -0.39 is 5.76 Å². The molecule has 1 aliphatic rings. The smallest absolute Gasteiger partial charge is 0.408 e. The Hall–Kier alpha value is -1.55. The van der Waals surface area contributed by atoms with Gasteiger partial charge in [0.05, 0.1) is 5.52 Å². The molecular formula is C12H13NO3. The quantitative estimate of drug-likeness (QED) is 0.820. The zero-order valence-electron chi connectivity index (χ0n) is 8.82. The van der Waals surface area contributed by atoms with Crippen molar-refractivity contribution in [3.63, 3.8) is 0 Å². The van der Waals surface area contributed by atoms with Crippen LogP contribution in [0.1, 0.15) is 18.4 Å². The van der Waals surface area contributed by atoms with E-state index in [1.165, 1.54) is 0 Å². The molecule has 0 aliphatic heterocycles. The predicted octanol–water partition coefficient (Wildman–Crippen LogP) is 1.44. The Labute approximate surface area is 91.9 Å². The minimum Gasteiger partial charge on any atom is -0.408 e. The number of hydrogen-bond donors (Lipinski definition) is 2.